The van der Waals surface area contributed by atoms with Crippen molar-refractivity contribution in [3.05, 3.63) is 24.3 Å². The first-order valence-corrected chi connectivity index (χ1v) is 8.68. The first-order valence-electron chi connectivity index (χ1n) is 8.68. The molecule has 0 amide bonds. The summed E-state index contributed by atoms with van der Waals surface area (Å²) in [7, 11) is 0. The van der Waals surface area contributed by atoms with E-state index in [1.165, 1.54) is 38.5 Å². The molecule has 21 heavy (non-hydrogen) atoms. The van der Waals surface area contributed by atoms with Crippen LogP contribution in [0.2, 0.25) is 0 Å². The van der Waals surface area contributed by atoms with Gasteiger partial charge in [0.2, 0.25) is 0 Å². The number of carbonyl (C=O) groups excluding carboxylic acids is 2. The zero-order valence-corrected chi connectivity index (χ0v) is 13.3. The Morgan fingerprint density at radius 2 is 0.905 bits per heavy atom. The van der Waals surface area contributed by atoms with Crippen molar-refractivity contribution in [2.24, 2.45) is 0 Å². The highest BCUT2D eigenvalue weighted by Gasteiger charge is 1.99. The topological polar surface area (TPSA) is 34.1 Å². The molecule has 0 radical (unpaired) electrons. The van der Waals surface area contributed by atoms with E-state index in [-0.39, 0.29) is 11.6 Å². The maximum Gasteiger partial charge on any atom is 0.155 e. The van der Waals surface area contributed by atoms with Crippen LogP contribution in [0, 0.1) is 0 Å². The van der Waals surface area contributed by atoms with Crippen LogP contribution in [0.15, 0.2) is 24.3 Å². The molecule has 0 aromatic carbocycles. The lowest BCUT2D eigenvalue weighted by atomic mass is 10.0. The van der Waals surface area contributed by atoms with Crippen LogP contribution in [-0.2, 0) is 9.59 Å². The zero-order chi connectivity index (χ0) is 15.2. The second-order valence-corrected chi connectivity index (χ2v) is 6.00. The van der Waals surface area contributed by atoms with Gasteiger partial charge in [0.05, 0.1) is 0 Å². The van der Waals surface area contributed by atoms with Crippen LogP contribution in [0.3, 0.4) is 0 Å². The van der Waals surface area contributed by atoms with Crippen LogP contribution >= 0.6 is 0 Å². The van der Waals surface area contributed by atoms with Gasteiger partial charge in [0, 0.05) is 12.8 Å². The number of rotatable bonds is 0. The van der Waals surface area contributed by atoms with Crippen molar-refractivity contribution in [1.29, 1.82) is 0 Å². The minimum absolute atomic E-state index is 0.263. The molecule has 2 nitrogen and oxygen atoms in total. The van der Waals surface area contributed by atoms with Gasteiger partial charge in [-0.2, -0.15) is 0 Å². The predicted molar refractivity (Wildman–Crippen MR) is 88.3 cm³/mol. The molecule has 1 rings (SSSR count). The van der Waals surface area contributed by atoms with Crippen LogP contribution in [0.5, 0.6) is 0 Å². The third-order valence-electron chi connectivity index (χ3n) is 3.95. The van der Waals surface area contributed by atoms with Crippen molar-refractivity contribution in [1.82, 2.24) is 0 Å². The Labute approximate surface area is 129 Å². The maximum atomic E-state index is 11.6. The first kappa shape index (κ1) is 17.9. The summed E-state index contributed by atoms with van der Waals surface area (Å²) < 4.78 is 0. The van der Waals surface area contributed by atoms with E-state index in [9.17, 15) is 9.59 Å². The monoisotopic (exact) mass is 290 g/mol. The molecular weight excluding hydrogens is 260 g/mol. The molecule has 0 saturated heterocycles. The van der Waals surface area contributed by atoms with E-state index in [2.05, 4.69) is 0 Å². The molecule has 118 valence electrons. The quantitative estimate of drug-likeness (QED) is 0.605. The Kier molecular flexibility index (Phi) is 10.7. The molecule has 0 N–H and O–H groups in total. The molecule has 0 bridgehead atoms. The lowest BCUT2D eigenvalue weighted by Crippen LogP contribution is -1.92. The largest absolute Gasteiger partial charge is 0.295 e. The fourth-order valence-corrected chi connectivity index (χ4v) is 2.61. The Hall–Kier alpha value is -1.18. The number of hydrogen-bond acceptors (Lipinski definition) is 2. The van der Waals surface area contributed by atoms with Gasteiger partial charge in [-0.05, 0) is 44.3 Å². The molecule has 0 spiro atoms. The second-order valence-electron chi connectivity index (χ2n) is 6.00. The molecule has 0 aromatic heterocycles. The molecule has 0 unspecified atom stereocenters. The van der Waals surface area contributed by atoms with Crippen molar-refractivity contribution >= 4 is 11.6 Å². The summed E-state index contributed by atoms with van der Waals surface area (Å²) in [4.78, 5) is 23.2. The van der Waals surface area contributed by atoms with E-state index < -0.39 is 0 Å². The van der Waals surface area contributed by atoms with Gasteiger partial charge in [-0.25, -0.2) is 0 Å². The van der Waals surface area contributed by atoms with E-state index in [1.807, 2.05) is 12.2 Å². The molecule has 1 aliphatic carbocycles. The van der Waals surface area contributed by atoms with E-state index in [0.29, 0.717) is 12.8 Å². The minimum Gasteiger partial charge on any atom is -0.295 e. The number of ketones is 2. The lowest BCUT2D eigenvalue weighted by Gasteiger charge is -2.01. The average molecular weight is 290 g/mol. The predicted octanol–water partition coefficient (Wildman–Crippen LogP) is 5.32. The molecular formula is C19H30O2. The third kappa shape index (κ3) is 11.2. The van der Waals surface area contributed by atoms with Crippen LogP contribution in [-0.4, -0.2) is 11.6 Å². The smallest absolute Gasteiger partial charge is 0.155 e. The van der Waals surface area contributed by atoms with Gasteiger partial charge >= 0.3 is 0 Å². The summed E-state index contributed by atoms with van der Waals surface area (Å²) in [5, 5.41) is 0. The first-order chi connectivity index (χ1) is 10.3. The van der Waals surface area contributed by atoms with Crippen molar-refractivity contribution in [2.75, 3.05) is 0 Å². The summed E-state index contributed by atoms with van der Waals surface area (Å²) in [6.07, 6.45) is 21.1. The van der Waals surface area contributed by atoms with Gasteiger partial charge in [0.25, 0.3) is 0 Å². The molecule has 0 atom stereocenters. The summed E-state index contributed by atoms with van der Waals surface area (Å²) in [6, 6.07) is 0. The van der Waals surface area contributed by atoms with Gasteiger partial charge in [-0.3, -0.25) is 9.59 Å². The van der Waals surface area contributed by atoms with Gasteiger partial charge < -0.3 is 0 Å². The maximum absolute atomic E-state index is 11.6. The number of carbonyl (C=O) groups is 2. The van der Waals surface area contributed by atoms with Gasteiger partial charge in [0.15, 0.2) is 11.6 Å². The Bertz CT molecular complexity index is 319. The van der Waals surface area contributed by atoms with Gasteiger partial charge in [0.1, 0.15) is 0 Å². The molecule has 2 heteroatoms. The van der Waals surface area contributed by atoms with Crippen LogP contribution < -0.4 is 0 Å². The van der Waals surface area contributed by atoms with Crippen LogP contribution in [0.4, 0.5) is 0 Å². The van der Waals surface area contributed by atoms with Crippen molar-refractivity contribution in [3.63, 3.8) is 0 Å². The van der Waals surface area contributed by atoms with E-state index in [4.69, 9.17) is 0 Å². The van der Waals surface area contributed by atoms with E-state index in [1.54, 1.807) is 12.2 Å². The highest BCUT2D eigenvalue weighted by molar-refractivity contribution is 5.89. The fraction of sp³-hybridized carbons (Fsp3) is 0.684. The van der Waals surface area contributed by atoms with Gasteiger partial charge in [-0.1, -0.05) is 50.7 Å². The van der Waals surface area contributed by atoms with E-state index >= 15 is 0 Å². The molecule has 0 fully saturated rings. The van der Waals surface area contributed by atoms with Gasteiger partial charge in [-0.15, -0.1) is 0 Å². The zero-order valence-electron chi connectivity index (χ0n) is 13.3. The van der Waals surface area contributed by atoms with Crippen molar-refractivity contribution in [3.8, 4) is 0 Å². The summed E-state index contributed by atoms with van der Waals surface area (Å²) in [6.45, 7) is 0. The normalized spacial score (nSPS) is 24.6. The standard InChI is InChI=1S/C19H30O2/c20-18-14-10-6-3-1-2-4-7-11-15-19(21)17-13-9-5-8-12-16-18/h12-13,16-17H,1-11,14-15H2/b16-12+,17-13+. The average Bonchev–Trinajstić information content (AvgIpc) is 2.47. The molecule has 0 saturated carbocycles. The van der Waals surface area contributed by atoms with Crippen LogP contribution in [0.25, 0.3) is 0 Å². The van der Waals surface area contributed by atoms with Crippen molar-refractivity contribution in [2.45, 2.75) is 83.5 Å². The van der Waals surface area contributed by atoms with E-state index in [0.717, 1.165) is 32.1 Å². The fourth-order valence-electron chi connectivity index (χ4n) is 2.61. The Morgan fingerprint density at radius 3 is 1.33 bits per heavy atom. The Morgan fingerprint density at radius 1 is 0.524 bits per heavy atom. The minimum atomic E-state index is 0.263. The second kappa shape index (κ2) is 12.6. The number of allylic oxidation sites excluding steroid dienone is 4. The lowest BCUT2D eigenvalue weighted by molar-refractivity contribution is -0.115. The highest BCUT2D eigenvalue weighted by Crippen LogP contribution is 2.11. The molecule has 0 heterocycles. The van der Waals surface area contributed by atoms with Crippen LogP contribution in [0.1, 0.15) is 83.5 Å². The molecule has 0 aromatic rings. The number of hydrogen-bond donors (Lipinski definition) is 0. The SMILES string of the molecule is O=C1/C=C/CCC/C=C/C(=O)CCCCCCCCCC1. The Balaban J connectivity index is 2.32. The molecule has 0 aliphatic heterocycles. The summed E-state index contributed by atoms with van der Waals surface area (Å²) in [5.41, 5.74) is 0. The summed E-state index contributed by atoms with van der Waals surface area (Å²) >= 11 is 0. The third-order valence-corrected chi connectivity index (χ3v) is 3.95. The van der Waals surface area contributed by atoms with Crippen molar-refractivity contribution < 1.29 is 9.59 Å². The highest BCUT2D eigenvalue weighted by atomic mass is 16.1. The molecule has 1 aliphatic rings. The summed E-state index contributed by atoms with van der Waals surface area (Å²) in [5.74, 6) is 0.525.